The van der Waals surface area contributed by atoms with E-state index in [0.717, 1.165) is 12.8 Å². The number of halogens is 1. The molecular weight excluding hydrogens is 555 g/mol. The molecule has 2 atom stereocenters. The van der Waals surface area contributed by atoms with Crippen molar-refractivity contribution in [1.29, 1.82) is 0 Å². The Kier molecular flexibility index (Phi) is 7.66. The number of ether oxygens (including phenoxy) is 2. The summed E-state index contributed by atoms with van der Waals surface area (Å²) in [5.41, 5.74) is -0.810. The zero-order valence-electron chi connectivity index (χ0n) is 23.1. The van der Waals surface area contributed by atoms with Gasteiger partial charge in [0.05, 0.1) is 11.4 Å². The predicted octanol–water partition coefficient (Wildman–Crippen LogP) is 3.25. The minimum absolute atomic E-state index is 0.00175. The van der Waals surface area contributed by atoms with Gasteiger partial charge in [-0.05, 0) is 51.8 Å². The second kappa shape index (κ2) is 10.9. The number of pyridine rings is 1. The Balaban J connectivity index is 1.33. The van der Waals surface area contributed by atoms with Gasteiger partial charge in [-0.2, -0.15) is 0 Å². The lowest BCUT2D eigenvalue weighted by Gasteiger charge is -2.31. The van der Waals surface area contributed by atoms with Crippen LogP contribution in [0.2, 0.25) is 0 Å². The van der Waals surface area contributed by atoms with E-state index in [0.29, 0.717) is 17.2 Å². The highest BCUT2D eigenvalue weighted by atomic mass is 32.2. The molecule has 0 bridgehead atoms. The zero-order valence-corrected chi connectivity index (χ0v) is 23.9. The van der Waals surface area contributed by atoms with Crippen molar-refractivity contribution in [2.24, 2.45) is 0 Å². The Morgan fingerprint density at radius 3 is 2.56 bits per heavy atom. The molecule has 0 radical (unpaired) electrons. The van der Waals surface area contributed by atoms with Crippen molar-refractivity contribution in [3.63, 3.8) is 0 Å². The molecule has 2 heterocycles. The first-order valence-corrected chi connectivity index (χ1v) is 15.1. The van der Waals surface area contributed by atoms with Gasteiger partial charge in [-0.1, -0.05) is 12.1 Å². The zero-order chi connectivity index (χ0) is 29.5. The van der Waals surface area contributed by atoms with Crippen molar-refractivity contribution >= 4 is 38.7 Å². The van der Waals surface area contributed by atoms with Crippen LogP contribution in [0.3, 0.4) is 0 Å². The second-order valence-electron chi connectivity index (χ2n) is 11.5. The molecular formula is C28H33FN4O7S. The molecule has 2 aromatic rings. The smallest absolute Gasteiger partial charge is 0.411 e. The van der Waals surface area contributed by atoms with Crippen LogP contribution in [0.1, 0.15) is 52.9 Å². The van der Waals surface area contributed by atoms with Crippen LogP contribution in [-0.2, 0) is 24.3 Å². The summed E-state index contributed by atoms with van der Waals surface area (Å²) in [4.78, 5) is 46.8. The Hall–Kier alpha value is -3.74. The average molecular weight is 589 g/mol. The third kappa shape index (κ3) is 6.77. The van der Waals surface area contributed by atoms with Gasteiger partial charge >= 0.3 is 6.09 Å². The summed E-state index contributed by atoms with van der Waals surface area (Å²) in [6, 6.07) is 5.07. The van der Waals surface area contributed by atoms with Gasteiger partial charge in [0.2, 0.25) is 17.7 Å². The van der Waals surface area contributed by atoms with Gasteiger partial charge < -0.3 is 14.4 Å². The van der Waals surface area contributed by atoms with Crippen molar-refractivity contribution in [2.75, 3.05) is 13.1 Å². The number of rotatable bonds is 9. The SMILES string of the molecule is CC(C)(C)OC(=O)N1CC(Oc2nccc3c(F)cccc23)CC1C(=O)N(CCC(=O)NS(=O)(=O)C1=CC1)C1CC1. The normalized spacial score (nSPS) is 20.4. The Labute approximate surface area is 237 Å². The van der Waals surface area contributed by atoms with E-state index < -0.39 is 45.6 Å². The molecule has 3 amide bonds. The topological polar surface area (TPSA) is 135 Å². The fourth-order valence-corrected chi connectivity index (χ4v) is 5.89. The van der Waals surface area contributed by atoms with E-state index in [9.17, 15) is 27.2 Å². The predicted molar refractivity (Wildman–Crippen MR) is 147 cm³/mol. The van der Waals surface area contributed by atoms with Crippen molar-refractivity contribution in [3.05, 3.63) is 47.3 Å². The first-order valence-electron chi connectivity index (χ1n) is 13.6. The Bertz CT molecular complexity index is 1520. The molecule has 11 nitrogen and oxygen atoms in total. The van der Waals surface area contributed by atoms with E-state index in [2.05, 4.69) is 4.98 Å². The number of benzene rings is 1. The number of aromatic nitrogens is 1. The standard InChI is InChI=1S/C28H33FN4O7S/c1-28(2,3)40-27(36)33-16-18(39-25-21-5-4-6-22(29)20(21)11-13-30-25)15-23(33)26(35)32(17-7-8-17)14-12-24(34)31-41(37,38)19-9-10-19/h4-6,9,11,13,17-18,23H,7-8,10,12,14-16H2,1-3H3,(H,31,34). The van der Waals surface area contributed by atoms with Gasteiger partial charge in [-0.3, -0.25) is 14.5 Å². The van der Waals surface area contributed by atoms with E-state index in [-0.39, 0.29) is 48.7 Å². The quantitative estimate of drug-likeness (QED) is 0.472. The molecule has 13 heteroatoms. The molecule has 2 unspecified atom stereocenters. The van der Waals surface area contributed by atoms with Gasteiger partial charge in [-0.15, -0.1) is 0 Å². The molecule has 1 saturated heterocycles. The monoisotopic (exact) mass is 588 g/mol. The summed E-state index contributed by atoms with van der Waals surface area (Å²) in [5.74, 6) is -1.31. The first kappa shape index (κ1) is 28.8. The van der Waals surface area contributed by atoms with E-state index >= 15 is 0 Å². The number of nitrogens with one attached hydrogen (secondary N) is 1. The van der Waals surface area contributed by atoms with Crippen LogP contribution < -0.4 is 9.46 Å². The van der Waals surface area contributed by atoms with Crippen LogP contribution in [0.4, 0.5) is 9.18 Å². The van der Waals surface area contributed by atoms with Crippen molar-refractivity contribution < 1.29 is 36.7 Å². The number of likely N-dealkylation sites (tertiary alicyclic amines) is 1. The summed E-state index contributed by atoms with van der Waals surface area (Å²) >= 11 is 0. The number of sulfonamides is 1. The number of hydrogen-bond donors (Lipinski definition) is 1. The maximum Gasteiger partial charge on any atom is 0.411 e. The summed E-state index contributed by atoms with van der Waals surface area (Å²) < 4.78 is 52.2. The Morgan fingerprint density at radius 2 is 1.90 bits per heavy atom. The number of carbonyl (C=O) groups is 3. The lowest BCUT2D eigenvalue weighted by molar-refractivity contribution is -0.137. The fraction of sp³-hybridized carbons (Fsp3) is 0.500. The van der Waals surface area contributed by atoms with Crippen LogP contribution in [0, 0.1) is 5.82 Å². The van der Waals surface area contributed by atoms with Gasteiger partial charge in [0.25, 0.3) is 10.0 Å². The minimum Gasteiger partial charge on any atom is -0.472 e. The third-order valence-electron chi connectivity index (χ3n) is 6.99. The van der Waals surface area contributed by atoms with Crippen molar-refractivity contribution in [2.45, 2.75) is 76.7 Å². The summed E-state index contributed by atoms with van der Waals surface area (Å²) in [6.07, 6.45) is 3.34. The maximum absolute atomic E-state index is 14.3. The highest BCUT2D eigenvalue weighted by molar-refractivity contribution is 7.94. The molecule has 1 saturated carbocycles. The van der Waals surface area contributed by atoms with Gasteiger partial charge in [0.15, 0.2) is 0 Å². The highest BCUT2D eigenvalue weighted by Crippen LogP contribution is 2.33. The van der Waals surface area contributed by atoms with Crippen LogP contribution in [0.15, 0.2) is 41.4 Å². The summed E-state index contributed by atoms with van der Waals surface area (Å²) in [6.45, 7) is 5.20. The summed E-state index contributed by atoms with van der Waals surface area (Å²) in [7, 11) is -3.82. The van der Waals surface area contributed by atoms with Crippen LogP contribution >= 0.6 is 0 Å². The van der Waals surface area contributed by atoms with E-state index in [1.54, 1.807) is 43.9 Å². The van der Waals surface area contributed by atoms with Crippen molar-refractivity contribution in [3.8, 4) is 5.88 Å². The minimum atomic E-state index is -3.82. The molecule has 220 valence electrons. The molecule has 1 N–H and O–H groups in total. The number of fused-ring (bicyclic) bond motifs is 1. The first-order chi connectivity index (χ1) is 19.3. The number of nitrogens with zero attached hydrogens (tertiary/aromatic N) is 3. The fourth-order valence-electron chi connectivity index (χ4n) is 4.83. The maximum atomic E-state index is 14.3. The highest BCUT2D eigenvalue weighted by Gasteiger charge is 2.46. The Morgan fingerprint density at radius 1 is 1.17 bits per heavy atom. The largest absolute Gasteiger partial charge is 0.472 e. The molecule has 3 aliphatic rings. The lowest BCUT2D eigenvalue weighted by atomic mass is 10.1. The average Bonchev–Trinajstić information content (AvgIpc) is 3.81. The molecule has 41 heavy (non-hydrogen) atoms. The van der Waals surface area contributed by atoms with Crippen LogP contribution in [0.25, 0.3) is 10.8 Å². The molecule has 1 aromatic carbocycles. The number of amides is 3. The van der Waals surface area contributed by atoms with Crippen LogP contribution in [-0.4, -0.2) is 78.0 Å². The van der Waals surface area contributed by atoms with Crippen molar-refractivity contribution in [1.82, 2.24) is 19.5 Å². The summed E-state index contributed by atoms with van der Waals surface area (Å²) in [5, 5.41) is 0.805. The lowest BCUT2D eigenvalue weighted by Crippen LogP contribution is -2.50. The van der Waals surface area contributed by atoms with Gasteiger partial charge in [-0.25, -0.2) is 27.3 Å². The third-order valence-corrected chi connectivity index (χ3v) is 8.51. The second-order valence-corrected chi connectivity index (χ2v) is 13.2. The van der Waals surface area contributed by atoms with E-state index in [4.69, 9.17) is 9.47 Å². The number of carbonyl (C=O) groups excluding carboxylic acids is 3. The molecule has 0 spiro atoms. The molecule has 2 fully saturated rings. The number of hydrogen-bond acceptors (Lipinski definition) is 8. The van der Waals surface area contributed by atoms with Gasteiger partial charge in [0.1, 0.15) is 23.6 Å². The molecule has 1 aliphatic heterocycles. The molecule has 5 rings (SSSR count). The number of allylic oxidation sites excluding steroid dienone is 2. The molecule has 1 aromatic heterocycles. The van der Waals surface area contributed by atoms with E-state index in [1.165, 1.54) is 23.2 Å². The van der Waals surface area contributed by atoms with Crippen LogP contribution in [0.5, 0.6) is 5.88 Å². The molecule has 2 aliphatic carbocycles. The van der Waals surface area contributed by atoms with E-state index in [1.807, 2.05) is 4.72 Å². The van der Waals surface area contributed by atoms with Gasteiger partial charge in [0, 0.05) is 48.8 Å².